The SMILES string of the molecule is O=C(O)CCCCNC(=O)CSc1ccc2c(c1)CCC2. The summed E-state index contributed by atoms with van der Waals surface area (Å²) in [6, 6.07) is 6.47. The van der Waals surface area contributed by atoms with Crippen LogP contribution in [0.3, 0.4) is 0 Å². The van der Waals surface area contributed by atoms with E-state index in [1.807, 2.05) is 0 Å². The first kappa shape index (κ1) is 15.9. The Labute approximate surface area is 129 Å². The van der Waals surface area contributed by atoms with E-state index in [2.05, 4.69) is 23.5 Å². The lowest BCUT2D eigenvalue weighted by Gasteiger charge is -2.06. The van der Waals surface area contributed by atoms with Crippen LogP contribution in [0, 0.1) is 0 Å². The number of carboxylic acid groups (broad SMARTS) is 1. The molecule has 1 aromatic rings. The smallest absolute Gasteiger partial charge is 0.303 e. The largest absolute Gasteiger partial charge is 0.481 e. The minimum atomic E-state index is -0.784. The van der Waals surface area contributed by atoms with Crippen LogP contribution in [0.4, 0.5) is 0 Å². The van der Waals surface area contributed by atoms with Gasteiger partial charge < -0.3 is 10.4 Å². The van der Waals surface area contributed by atoms with Crippen molar-refractivity contribution in [2.24, 2.45) is 0 Å². The number of rotatable bonds is 8. The molecule has 5 heteroatoms. The first-order valence-corrected chi connectivity index (χ1v) is 8.37. The number of carbonyl (C=O) groups excluding carboxylic acids is 1. The fraction of sp³-hybridized carbons (Fsp3) is 0.500. The summed E-state index contributed by atoms with van der Waals surface area (Å²) >= 11 is 1.56. The fourth-order valence-corrected chi connectivity index (χ4v) is 3.26. The molecular weight excluding hydrogens is 286 g/mol. The molecule has 0 saturated heterocycles. The molecule has 0 heterocycles. The predicted molar refractivity (Wildman–Crippen MR) is 83.7 cm³/mol. The molecule has 0 unspecified atom stereocenters. The Morgan fingerprint density at radius 3 is 2.81 bits per heavy atom. The Morgan fingerprint density at radius 1 is 1.19 bits per heavy atom. The molecule has 21 heavy (non-hydrogen) atoms. The van der Waals surface area contributed by atoms with E-state index in [-0.39, 0.29) is 12.3 Å². The van der Waals surface area contributed by atoms with Crippen LogP contribution in [-0.2, 0) is 22.4 Å². The molecule has 1 aromatic carbocycles. The van der Waals surface area contributed by atoms with Crippen LogP contribution in [0.1, 0.15) is 36.8 Å². The van der Waals surface area contributed by atoms with Crippen molar-refractivity contribution >= 4 is 23.6 Å². The van der Waals surface area contributed by atoms with Gasteiger partial charge in [0.2, 0.25) is 5.91 Å². The number of carboxylic acids is 1. The van der Waals surface area contributed by atoms with Crippen LogP contribution in [0.25, 0.3) is 0 Å². The standard InChI is InChI=1S/C16H21NO3S/c18-15(17-9-2-1-6-16(19)20)11-21-14-8-7-12-4-3-5-13(12)10-14/h7-8,10H,1-6,9,11H2,(H,17,18)(H,19,20). The second-order valence-corrected chi connectivity index (χ2v) is 6.32. The van der Waals surface area contributed by atoms with Crippen molar-refractivity contribution in [2.75, 3.05) is 12.3 Å². The van der Waals surface area contributed by atoms with Crippen LogP contribution < -0.4 is 5.32 Å². The Kier molecular flexibility index (Phi) is 6.11. The lowest BCUT2D eigenvalue weighted by Crippen LogP contribution is -2.26. The zero-order valence-electron chi connectivity index (χ0n) is 12.1. The quantitative estimate of drug-likeness (QED) is 0.572. The van der Waals surface area contributed by atoms with E-state index in [4.69, 9.17) is 5.11 Å². The monoisotopic (exact) mass is 307 g/mol. The molecule has 0 aromatic heterocycles. The van der Waals surface area contributed by atoms with E-state index in [1.165, 1.54) is 24.0 Å². The number of aliphatic carboxylic acids is 1. The number of benzene rings is 1. The molecule has 0 aliphatic heterocycles. The molecule has 1 aliphatic carbocycles. The highest BCUT2D eigenvalue weighted by molar-refractivity contribution is 8.00. The van der Waals surface area contributed by atoms with Crippen molar-refractivity contribution in [3.8, 4) is 0 Å². The van der Waals surface area contributed by atoms with Crippen molar-refractivity contribution in [3.05, 3.63) is 29.3 Å². The summed E-state index contributed by atoms with van der Waals surface area (Å²) in [5, 5.41) is 11.3. The number of aryl methyl sites for hydroxylation is 2. The van der Waals surface area contributed by atoms with Gasteiger partial charge in [0.05, 0.1) is 5.75 Å². The zero-order chi connectivity index (χ0) is 15.1. The normalized spacial score (nSPS) is 13.0. The maximum absolute atomic E-state index is 11.7. The first-order chi connectivity index (χ1) is 10.1. The van der Waals surface area contributed by atoms with Crippen LogP contribution in [0.2, 0.25) is 0 Å². The minimum Gasteiger partial charge on any atom is -0.481 e. The molecular formula is C16H21NO3S. The fourth-order valence-electron chi connectivity index (χ4n) is 2.47. The number of nitrogens with one attached hydrogen (secondary N) is 1. The van der Waals surface area contributed by atoms with Gasteiger partial charge in [0.15, 0.2) is 0 Å². The summed E-state index contributed by atoms with van der Waals surface area (Å²) in [6.07, 6.45) is 5.05. The second-order valence-electron chi connectivity index (χ2n) is 5.27. The number of unbranched alkanes of at least 4 members (excludes halogenated alkanes) is 1. The Balaban J connectivity index is 1.63. The summed E-state index contributed by atoms with van der Waals surface area (Å²) in [7, 11) is 0. The molecule has 1 amide bonds. The molecule has 4 nitrogen and oxygen atoms in total. The molecule has 0 radical (unpaired) electrons. The molecule has 0 spiro atoms. The number of thioether (sulfide) groups is 1. The van der Waals surface area contributed by atoms with Crippen molar-refractivity contribution in [1.82, 2.24) is 5.32 Å². The third-order valence-electron chi connectivity index (χ3n) is 3.58. The highest BCUT2D eigenvalue weighted by atomic mass is 32.2. The highest BCUT2D eigenvalue weighted by Crippen LogP contribution is 2.27. The summed E-state index contributed by atoms with van der Waals surface area (Å²) in [5.41, 5.74) is 2.87. The molecule has 0 atom stereocenters. The summed E-state index contributed by atoms with van der Waals surface area (Å²) in [4.78, 5) is 23.2. The number of hydrogen-bond donors (Lipinski definition) is 2. The zero-order valence-corrected chi connectivity index (χ0v) is 12.9. The number of fused-ring (bicyclic) bond motifs is 1. The lowest BCUT2D eigenvalue weighted by molar-refractivity contribution is -0.137. The Hall–Kier alpha value is -1.49. The maximum Gasteiger partial charge on any atom is 0.303 e. The van der Waals surface area contributed by atoms with Crippen molar-refractivity contribution in [2.45, 2.75) is 43.4 Å². The lowest BCUT2D eigenvalue weighted by atomic mass is 10.1. The second kappa shape index (κ2) is 8.08. The van der Waals surface area contributed by atoms with E-state index >= 15 is 0 Å². The van der Waals surface area contributed by atoms with Gasteiger partial charge in [-0.15, -0.1) is 11.8 Å². The average molecular weight is 307 g/mol. The number of hydrogen-bond acceptors (Lipinski definition) is 3. The van der Waals surface area contributed by atoms with Crippen LogP contribution in [0.15, 0.2) is 23.1 Å². The van der Waals surface area contributed by atoms with Crippen molar-refractivity contribution < 1.29 is 14.7 Å². The Morgan fingerprint density at radius 2 is 2.00 bits per heavy atom. The van der Waals surface area contributed by atoms with Crippen LogP contribution >= 0.6 is 11.8 Å². The number of carbonyl (C=O) groups is 2. The van der Waals surface area contributed by atoms with E-state index < -0.39 is 5.97 Å². The average Bonchev–Trinajstić information content (AvgIpc) is 2.92. The topological polar surface area (TPSA) is 66.4 Å². The van der Waals surface area contributed by atoms with E-state index in [1.54, 1.807) is 11.8 Å². The van der Waals surface area contributed by atoms with Gasteiger partial charge in [0.1, 0.15) is 0 Å². The molecule has 0 fully saturated rings. The van der Waals surface area contributed by atoms with Gasteiger partial charge in [-0.2, -0.15) is 0 Å². The Bertz CT molecular complexity index is 516. The summed E-state index contributed by atoms with van der Waals surface area (Å²) in [5.74, 6) is -0.359. The van der Waals surface area contributed by atoms with E-state index in [0.29, 0.717) is 25.1 Å². The first-order valence-electron chi connectivity index (χ1n) is 7.38. The molecule has 2 rings (SSSR count). The third kappa shape index (κ3) is 5.42. The third-order valence-corrected chi connectivity index (χ3v) is 4.57. The van der Waals surface area contributed by atoms with E-state index in [0.717, 1.165) is 11.3 Å². The predicted octanol–water partition coefficient (Wildman–Crippen LogP) is 2.64. The van der Waals surface area contributed by atoms with Crippen molar-refractivity contribution in [1.29, 1.82) is 0 Å². The molecule has 0 bridgehead atoms. The summed E-state index contributed by atoms with van der Waals surface area (Å²) in [6.45, 7) is 0.552. The molecule has 1 aliphatic rings. The molecule has 0 saturated carbocycles. The van der Waals surface area contributed by atoms with E-state index in [9.17, 15) is 9.59 Å². The van der Waals surface area contributed by atoms with Gasteiger partial charge in [0, 0.05) is 17.9 Å². The van der Waals surface area contributed by atoms with Gasteiger partial charge in [-0.05, 0) is 55.4 Å². The maximum atomic E-state index is 11.7. The molecule has 2 N–H and O–H groups in total. The summed E-state index contributed by atoms with van der Waals surface area (Å²) < 4.78 is 0. The van der Waals surface area contributed by atoms with Gasteiger partial charge >= 0.3 is 5.97 Å². The molecule has 114 valence electrons. The van der Waals surface area contributed by atoms with Gasteiger partial charge in [0.25, 0.3) is 0 Å². The van der Waals surface area contributed by atoms with Gasteiger partial charge in [-0.25, -0.2) is 0 Å². The van der Waals surface area contributed by atoms with Crippen LogP contribution in [-0.4, -0.2) is 29.3 Å². The van der Waals surface area contributed by atoms with Crippen LogP contribution in [0.5, 0.6) is 0 Å². The highest BCUT2D eigenvalue weighted by Gasteiger charge is 2.11. The number of amides is 1. The minimum absolute atomic E-state index is 0.0100. The van der Waals surface area contributed by atoms with Gasteiger partial charge in [-0.1, -0.05) is 6.07 Å². The van der Waals surface area contributed by atoms with Gasteiger partial charge in [-0.3, -0.25) is 9.59 Å². The van der Waals surface area contributed by atoms with Crippen molar-refractivity contribution in [3.63, 3.8) is 0 Å².